The Kier molecular flexibility index (Phi) is 7.46. The number of anilines is 1. The Hall–Kier alpha value is -3.07. The summed E-state index contributed by atoms with van der Waals surface area (Å²) < 4.78 is 2.34. The maximum absolute atomic E-state index is 12.8. The number of nitrogens with zero attached hydrogens (tertiary/aromatic N) is 6. The highest BCUT2D eigenvalue weighted by atomic mass is 16.3. The van der Waals surface area contributed by atoms with Gasteiger partial charge in [-0.1, -0.05) is 13.3 Å². The molecule has 1 amide bonds. The fourth-order valence-corrected chi connectivity index (χ4v) is 5.73. The van der Waals surface area contributed by atoms with Crippen molar-refractivity contribution in [1.82, 2.24) is 29.4 Å². The number of fused-ring (bicyclic) bond motifs is 1. The van der Waals surface area contributed by atoms with E-state index in [2.05, 4.69) is 44.9 Å². The molecule has 4 heterocycles. The number of aromatic nitrogens is 5. The van der Waals surface area contributed by atoms with Gasteiger partial charge in [-0.05, 0) is 69.4 Å². The van der Waals surface area contributed by atoms with Crippen molar-refractivity contribution in [3.05, 3.63) is 42.2 Å². The van der Waals surface area contributed by atoms with Crippen LogP contribution in [-0.4, -0.2) is 65.7 Å². The Morgan fingerprint density at radius 3 is 2.53 bits per heavy atom. The molecule has 1 unspecified atom stereocenters. The molecule has 3 aromatic heterocycles. The first-order valence-electron chi connectivity index (χ1n) is 13.4. The first-order valence-corrected chi connectivity index (χ1v) is 13.4. The molecule has 2 fully saturated rings. The zero-order chi connectivity index (χ0) is 25.1. The Morgan fingerprint density at radius 2 is 1.83 bits per heavy atom. The molecule has 0 bridgehead atoms. The molecule has 36 heavy (non-hydrogen) atoms. The van der Waals surface area contributed by atoms with Crippen LogP contribution in [0.2, 0.25) is 0 Å². The normalized spacial score (nSPS) is 22.0. The van der Waals surface area contributed by atoms with Gasteiger partial charge in [0.25, 0.3) is 5.91 Å². The number of likely N-dealkylation sites (tertiary alicyclic amines) is 1. The molecule has 1 atom stereocenters. The largest absolute Gasteiger partial charge is 0.393 e. The third-order valence-electron chi connectivity index (χ3n) is 7.74. The average Bonchev–Trinajstić information content (AvgIpc) is 3.28. The van der Waals surface area contributed by atoms with Gasteiger partial charge in [0.15, 0.2) is 0 Å². The first kappa shape index (κ1) is 24.6. The SMILES string of the molecule is CCCC(C)Nc1ncc2c(C3CCN(C(=O)c4ncccn4)CC3)cn(C3CCC(O)CC3)c2n1. The molecule has 0 radical (unpaired) electrons. The van der Waals surface area contributed by atoms with Gasteiger partial charge >= 0.3 is 0 Å². The summed E-state index contributed by atoms with van der Waals surface area (Å²) >= 11 is 0. The lowest BCUT2D eigenvalue weighted by Crippen LogP contribution is -2.38. The van der Waals surface area contributed by atoms with E-state index in [-0.39, 0.29) is 17.8 Å². The van der Waals surface area contributed by atoms with E-state index >= 15 is 0 Å². The second-order valence-electron chi connectivity index (χ2n) is 10.4. The molecular formula is C27H37N7O2. The summed E-state index contributed by atoms with van der Waals surface area (Å²) in [5, 5.41) is 14.6. The van der Waals surface area contributed by atoms with Gasteiger partial charge in [-0.3, -0.25) is 4.79 Å². The van der Waals surface area contributed by atoms with E-state index < -0.39 is 0 Å². The smallest absolute Gasteiger partial charge is 0.291 e. The maximum Gasteiger partial charge on any atom is 0.291 e. The zero-order valence-electron chi connectivity index (χ0n) is 21.3. The number of carbonyl (C=O) groups excluding carboxylic acids is 1. The molecule has 192 valence electrons. The van der Waals surface area contributed by atoms with Gasteiger partial charge in [0.2, 0.25) is 11.8 Å². The molecular weight excluding hydrogens is 454 g/mol. The number of nitrogens with one attached hydrogen (secondary N) is 1. The molecule has 1 aliphatic carbocycles. The predicted molar refractivity (Wildman–Crippen MR) is 139 cm³/mol. The minimum absolute atomic E-state index is 0.0995. The van der Waals surface area contributed by atoms with Crippen molar-refractivity contribution in [2.75, 3.05) is 18.4 Å². The van der Waals surface area contributed by atoms with E-state index in [1.54, 1.807) is 18.5 Å². The second kappa shape index (κ2) is 10.9. The number of aliphatic hydroxyl groups excluding tert-OH is 1. The molecule has 3 aromatic rings. The van der Waals surface area contributed by atoms with E-state index in [1.807, 2.05) is 11.1 Å². The number of hydrogen-bond donors (Lipinski definition) is 2. The highest BCUT2D eigenvalue weighted by Gasteiger charge is 2.30. The van der Waals surface area contributed by atoms with Gasteiger partial charge < -0.3 is 19.9 Å². The van der Waals surface area contributed by atoms with E-state index in [4.69, 9.17) is 4.98 Å². The van der Waals surface area contributed by atoms with Crippen molar-refractivity contribution >= 4 is 22.9 Å². The van der Waals surface area contributed by atoms with Crippen LogP contribution >= 0.6 is 0 Å². The molecule has 1 saturated carbocycles. The highest BCUT2D eigenvalue weighted by Crippen LogP contribution is 2.38. The molecule has 1 saturated heterocycles. The van der Waals surface area contributed by atoms with Crippen molar-refractivity contribution < 1.29 is 9.90 Å². The zero-order valence-corrected chi connectivity index (χ0v) is 21.3. The van der Waals surface area contributed by atoms with Crippen molar-refractivity contribution in [2.24, 2.45) is 0 Å². The van der Waals surface area contributed by atoms with Gasteiger partial charge in [-0.25, -0.2) is 15.0 Å². The predicted octanol–water partition coefficient (Wildman–Crippen LogP) is 4.32. The highest BCUT2D eigenvalue weighted by molar-refractivity contribution is 5.90. The van der Waals surface area contributed by atoms with Crippen LogP contribution in [0.4, 0.5) is 5.95 Å². The number of rotatable bonds is 7. The van der Waals surface area contributed by atoms with Gasteiger partial charge in [-0.2, -0.15) is 4.98 Å². The summed E-state index contributed by atoms with van der Waals surface area (Å²) in [6, 6.07) is 2.37. The average molecular weight is 492 g/mol. The van der Waals surface area contributed by atoms with Crippen LogP contribution in [0.5, 0.6) is 0 Å². The minimum Gasteiger partial charge on any atom is -0.393 e. The van der Waals surface area contributed by atoms with Gasteiger partial charge in [0.05, 0.1) is 6.10 Å². The second-order valence-corrected chi connectivity index (χ2v) is 10.4. The monoisotopic (exact) mass is 491 g/mol. The standard InChI is InChI=1S/C27H37N7O2/c1-3-5-18(2)31-27-30-16-22-23(17-34(25(22)32-27)20-6-8-21(35)9-7-20)19-10-14-33(15-11-19)26(36)24-28-12-4-13-29-24/h4,12-13,16-21,35H,3,5-11,14-15H2,1-2H3,(H,30,31,32). The van der Waals surface area contributed by atoms with E-state index in [9.17, 15) is 9.90 Å². The van der Waals surface area contributed by atoms with Crippen LogP contribution in [0.1, 0.15) is 93.4 Å². The number of carbonyl (C=O) groups is 1. The summed E-state index contributed by atoms with van der Waals surface area (Å²) in [6.07, 6.45) is 14.8. The Labute approximate surface area is 212 Å². The van der Waals surface area contributed by atoms with E-state index in [0.29, 0.717) is 37.0 Å². The summed E-state index contributed by atoms with van der Waals surface area (Å²) in [4.78, 5) is 32.6. The Morgan fingerprint density at radius 1 is 1.11 bits per heavy atom. The van der Waals surface area contributed by atoms with Crippen molar-refractivity contribution in [2.45, 2.75) is 89.3 Å². The van der Waals surface area contributed by atoms with Crippen LogP contribution < -0.4 is 5.32 Å². The number of aliphatic hydroxyl groups is 1. The summed E-state index contributed by atoms with van der Waals surface area (Å²) in [5.41, 5.74) is 2.25. The molecule has 9 nitrogen and oxygen atoms in total. The lowest BCUT2D eigenvalue weighted by atomic mass is 9.89. The quantitative estimate of drug-likeness (QED) is 0.507. The molecule has 9 heteroatoms. The fraction of sp³-hybridized carbons (Fsp3) is 0.593. The van der Waals surface area contributed by atoms with Crippen LogP contribution in [0.25, 0.3) is 11.0 Å². The summed E-state index contributed by atoms with van der Waals surface area (Å²) in [6.45, 7) is 5.71. The minimum atomic E-state index is -0.195. The summed E-state index contributed by atoms with van der Waals surface area (Å²) in [5.74, 6) is 1.17. The topological polar surface area (TPSA) is 109 Å². The maximum atomic E-state index is 12.8. The Bertz CT molecular complexity index is 1170. The molecule has 2 aliphatic rings. The van der Waals surface area contributed by atoms with Crippen molar-refractivity contribution in [3.8, 4) is 0 Å². The number of amides is 1. The third kappa shape index (κ3) is 5.21. The van der Waals surface area contributed by atoms with E-state index in [1.165, 1.54) is 5.56 Å². The van der Waals surface area contributed by atoms with Crippen molar-refractivity contribution in [3.63, 3.8) is 0 Å². The lowest BCUT2D eigenvalue weighted by molar-refractivity contribution is 0.0700. The fourth-order valence-electron chi connectivity index (χ4n) is 5.73. The first-order chi connectivity index (χ1) is 17.5. The van der Waals surface area contributed by atoms with E-state index in [0.717, 1.165) is 62.4 Å². The van der Waals surface area contributed by atoms with Crippen LogP contribution in [0.3, 0.4) is 0 Å². The number of hydrogen-bond acceptors (Lipinski definition) is 7. The molecule has 0 spiro atoms. The molecule has 1 aliphatic heterocycles. The molecule has 0 aromatic carbocycles. The van der Waals surface area contributed by atoms with Crippen LogP contribution in [0, 0.1) is 0 Å². The summed E-state index contributed by atoms with van der Waals surface area (Å²) in [7, 11) is 0. The van der Waals surface area contributed by atoms with Gasteiger partial charge in [0, 0.05) is 55.3 Å². The Balaban J connectivity index is 1.39. The van der Waals surface area contributed by atoms with Crippen LogP contribution in [-0.2, 0) is 0 Å². The van der Waals surface area contributed by atoms with Crippen molar-refractivity contribution in [1.29, 1.82) is 0 Å². The third-order valence-corrected chi connectivity index (χ3v) is 7.74. The molecule has 5 rings (SSSR count). The molecule has 2 N–H and O–H groups in total. The van der Waals surface area contributed by atoms with Gasteiger partial charge in [0.1, 0.15) is 5.65 Å². The van der Waals surface area contributed by atoms with Crippen LogP contribution in [0.15, 0.2) is 30.9 Å². The van der Waals surface area contributed by atoms with Gasteiger partial charge in [-0.15, -0.1) is 0 Å². The lowest BCUT2D eigenvalue weighted by Gasteiger charge is -2.31. The number of piperidine rings is 1.